The van der Waals surface area contributed by atoms with Crippen LogP contribution in [-0.2, 0) is 4.79 Å². The minimum atomic E-state index is -0.520. The Balaban J connectivity index is 1.69. The molecule has 0 bridgehead atoms. The Hall–Kier alpha value is -2.30. The summed E-state index contributed by atoms with van der Waals surface area (Å²) in [6.45, 7) is 7.60. The Morgan fingerprint density at radius 2 is 2.08 bits per heavy atom. The van der Waals surface area contributed by atoms with Crippen molar-refractivity contribution in [2.24, 2.45) is 5.92 Å². The molecule has 2 unspecified atom stereocenters. The molecule has 1 aromatic heterocycles. The highest BCUT2D eigenvalue weighted by Crippen LogP contribution is 2.21. The van der Waals surface area contributed by atoms with Gasteiger partial charge in [-0.05, 0) is 44.7 Å². The summed E-state index contributed by atoms with van der Waals surface area (Å²) < 4.78 is 7.66. The number of hydrogen-bond acceptors (Lipinski definition) is 3. The Labute approximate surface area is 143 Å². The van der Waals surface area contributed by atoms with E-state index in [0.29, 0.717) is 11.8 Å². The summed E-state index contributed by atoms with van der Waals surface area (Å²) in [6, 6.07) is 9.88. The van der Waals surface area contributed by atoms with Gasteiger partial charge in [-0.25, -0.2) is 4.68 Å². The highest BCUT2D eigenvalue weighted by molar-refractivity contribution is 5.81. The van der Waals surface area contributed by atoms with E-state index in [1.165, 1.54) is 6.42 Å². The second-order valence-corrected chi connectivity index (χ2v) is 6.69. The number of likely N-dealkylation sites (tertiary alicyclic amines) is 1. The Bertz CT molecular complexity index is 696. The van der Waals surface area contributed by atoms with Crippen molar-refractivity contribution < 1.29 is 9.53 Å². The minimum Gasteiger partial charge on any atom is -0.463 e. The van der Waals surface area contributed by atoms with E-state index in [4.69, 9.17) is 4.74 Å². The van der Waals surface area contributed by atoms with Crippen molar-refractivity contribution in [2.45, 2.75) is 39.7 Å². The molecular formula is C19H25N3O2. The van der Waals surface area contributed by atoms with Gasteiger partial charge in [-0.3, -0.25) is 4.79 Å². The van der Waals surface area contributed by atoms with Crippen LogP contribution in [0, 0.1) is 12.8 Å². The van der Waals surface area contributed by atoms with Gasteiger partial charge in [0.05, 0.1) is 5.69 Å². The van der Waals surface area contributed by atoms with Gasteiger partial charge < -0.3 is 9.64 Å². The number of piperidine rings is 1. The number of hydrogen-bond donors (Lipinski definition) is 0. The molecule has 0 spiro atoms. The maximum atomic E-state index is 12.6. The highest BCUT2D eigenvalue weighted by Gasteiger charge is 2.27. The quantitative estimate of drug-likeness (QED) is 0.866. The molecule has 3 rings (SSSR count). The number of carbonyl (C=O) groups is 1. The van der Waals surface area contributed by atoms with Crippen molar-refractivity contribution in [2.75, 3.05) is 13.1 Å². The predicted octanol–water partition coefficient (Wildman–Crippen LogP) is 3.21. The van der Waals surface area contributed by atoms with Gasteiger partial charge >= 0.3 is 0 Å². The van der Waals surface area contributed by atoms with Crippen molar-refractivity contribution in [3.63, 3.8) is 0 Å². The number of benzene rings is 1. The second-order valence-electron chi connectivity index (χ2n) is 6.69. The molecule has 128 valence electrons. The van der Waals surface area contributed by atoms with Gasteiger partial charge in [-0.15, -0.1) is 5.10 Å². The molecule has 1 aliphatic rings. The first-order valence-electron chi connectivity index (χ1n) is 8.61. The maximum absolute atomic E-state index is 12.6. The maximum Gasteiger partial charge on any atom is 0.263 e. The molecule has 5 nitrogen and oxygen atoms in total. The Kier molecular flexibility index (Phi) is 4.88. The third-order valence-corrected chi connectivity index (χ3v) is 4.48. The molecule has 2 aromatic rings. The molecule has 1 fully saturated rings. The fourth-order valence-electron chi connectivity index (χ4n) is 3.14. The van der Waals surface area contributed by atoms with Crippen LogP contribution in [0.25, 0.3) is 5.69 Å². The predicted molar refractivity (Wildman–Crippen MR) is 93.4 cm³/mol. The average molecular weight is 327 g/mol. The minimum absolute atomic E-state index is 0.0511. The number of nitrogens with zero attached hydrogens (tertiary/aromatic N) is 3. The SMILES string of the molecule is Cc1cn(-c2ccccc2)nc1OC(C)C(=O)N1CCCC(C)C1. The zero-order valence-corrected chi connectivity index (χ0v) is 14.6. The normalized spacial score (nSPS) is 19.1. The van der Waals surface area contributed by atoms with Gasteiger partial charge in [0.15, 0.2) is 6.10 Å². The van der Waals surface area contributed by atoms with E-state index in [2.05, 4.69) is 12.0 Å². The van der Waals surface area contributed by atoms with Gasteiger partial charge in [0.2, 0.25) is 5.88 Å². The van der Waals surface area contributed by atoms with Crippen LogP contribution < -0.4 is 4.74 Å². The fraction of sp³-hybridized carbons (Fsp3) is 0.474. The highest BCUT2D eigenvalue weighted by atomic mass is 16.5. The van der Waals surface area contributed by atoms with Crippen LogP contribution in [0.5, 0.6) is 5.88 Å². The lowest BCUT2D eigenvalue weighted by molar-refractivity contribution is -0.139. The molecule has 0 radical (unpaired) electrons. The van der Waals surface area contributed by atoms with Crippen molar-refractivity contribution in [1.29, 1.82) is 0 Å². The van der Waals surface area contributed by atoms with Gasteiger partial charge in [0.25, 0.3) is 5.91 Å². The van der Waals surface area contributed by atoms with E-state index in [1.54, 1.807) is 4.68 Å². The number of ether oxygens (including phenoxy) is 1. The summed E-state index contributed by atoms with van der Waals surface area (Å²) in [4.78, 5) is 14.5. The van der Waals surface area contributed by atoms with E-state index in [-0.39, 0.29) is 5.91 Å². The zero-order chi connectivity index (χ0) is 17.1. The molecule has 1 aliphatic heterocycles. The smallest absolute Gasteiger partial charge is 0.263 e. The van der Waals surface area contributed by atoms with Crippen LogP contribution >= 0.6 is 0 Å². The van der Waals surface area contributed by atoms with Gasteiger partial charge in [0.1, 0.15) is 0 Å². The first-order chi connectivity index (χ1) is 11.5. The molecule has 1 saturated heterocycles. The largest absolute Gasteiger partial charge is 0.463 e. The topological polar surface area (TPSA) is 47.4 Å². The number of aromatic nitrogens is 2. The molecule has 2 atom stereocenters. The number of carbonyl (C=O) groups excluding carboxylic acids is 1. The molecular weight excluding hydrogens is 302 g/mol. The molecule has 1 amide bonds. The molecule has 1 aromatic carbocycles. The van der Waals surface area contributed by atoms with Crippen LogP contribution in [0.4, 0.5) is 0 Å². The molecule has 0 N–H and O–H groups in total. The molecule has 0 aliphatic carbocycles. The first kappa shape index (κ1) is 16.6. The number of amides is 1. The van der Waals surface area contributed by atoms with Crippen molar-refractivity contribution in [3.8, 4) is 11.6 Å². The summed E-state index contributed by atoms with van der Waals surface area (Å²) >= 11 is 0. The summed E-state index contributed by atoms with van der Waals surface area (Å²) in [6.07, 6.45) is 3.67. The van der Waals surface area contributed by atoms with Crippen LogP contribution in [-0.4, -0.2) is 39.8 Å². The van der Waals surface area contributed by atoms with Gasteiger partial charge in [0, 0.05) is 24.8 Å². The lowest BCUT2D eigenvalue weighted by Crippen LogP contribution is -2.45. The van der Waals surface area contributed by atoms with Gasteiger partial charge in [-0.2, -0.15) is 0 Å². The van der Waals surface area contributed by atoms with E-state index in [1.807, 2.05) is 55.3 Å². The standard InChI is InChI=1S/C19H25N3O2/c1-14-8-7-11-21(12-14)19(23)16(3)24-18-15(2)13-22(20-18)17-9-5-4-6-10-17/h4-6,9-10,13-14,16H,7-8,11-12H2,1-3H3. The van der Waals surface area contributed by atoms with Crippen LogP contribution in [0.2, 0.25) is 0 Å². The van der Waals surface area contributed by atoms with Gasteiger partial charge in [-0.1, -0.05) is 25.1 Å². The Morgan fingerprint density at radius 3 is 2.79 bits per heavy atom. The van der Waals surface area contributed by atoms with Crippen LogP contribution in [0.15, 0.2) is 36.5 Å². The summed E-state index contributed by atoms with van der Waals surface area (Å²) in [5.41, 5.74) is 1.89. The zero-order valence-electron chi connectivity index (χ0n) is 14.6. The summed E-state index contributed by atoms with van der Waals surface area (Å²) in [7, 11) is 0. The lowest BCUT2D eigenvalue weighted by atomic mass is 10.00. The molecule has 2 heterocycles. The molecule has 24 heavy (non-hydrogen) atoms. The fourth-order valence-corrected chi connectivity index (χ4v) is 3.14. The molecule has 5 heteroatoms. The van der Waals surface area contributed by atoms with E-state index in [9.17, 15) is 4.79 Å². The number of aryl methyl sites for hydroxylation is 1. The lowest BCUT2D eigenvalue weighted by Gasteiger charge is -2.32. The first-order valence-corrected chi connectivity index (χ1v) is 8.61. The third kappa shape index (κ3) is 3.61. The van der Waals surface area contributed by atoms with E-state index < -0.39 is 6.10 Å². The van der Waals surface area contributed by atoms with E-state index in [0.717, 1.165) is 30.8 Å². The summed E-state index contributed by atoms with van der Waals surface area (Å²) in [5, 5.41) is 4.49. The summed E-state index contributed by atoms with van der Waals surface area (Å²) in [5.74, 6) is 1.13. The van der Waals surface area contributed by atoms with Crippen LogP contribution in [0.3, 0.4) is 0 Å². The van der Waals surface area contributed by atoms with E-state index >= 15 is 0 Å². The van der Waals surface area contributed by atoms with Crippen molar-refractivity contribution >= 4 is 5.91 Å². The number of para-hydroxylation sites is 1. The monoisotopic (exact) mass is 327 g/mol. The van der Waals surface area contributed by atoms with Crippen molar-refractivity contribution in [3.05, 3.63) is 42.1 Å². The third-order valence-electron chi connectivity index (χ3n) is 4.48. The second kappa shape index (κ2) is 7.07. The molecule has 0 saturated carbocycles. The Morgan fingerprint density at radius 1 is 1.33 bits per heavy atom. The van der Waals surface area contributed by atoms with Crippen LogP contribution in [0.1, 0.15) is 32.3 Å². The van der Waals surface area contributed by atoms with Crippen molar-refractivity contribution in [1.82, 2.24) is 14.7 Å². The number of rotatable bonds is 4. The average Bonchev–Trinajstić information content (AvgIpc) is 2.95.